The Labute approximate surface area is 140 Å². The van der Waals surface area contributed by atoms with Gasteiger partial charge in [-0.15, -0.1) is 0 Å². The smallest absolute Gasteiger partial charge is 0.186 e. The van der Waals surface area contributed by atoms with Crippen molar-refractivity contribution in [1.82, 2.24) is 10.7 Å². The monoisotopic (exact) mass is 333 g/mol. The normalized spacial score (nSPS) is 10.5. The molecule has 0 fully saturated rings. The van der Waals surface area contributed by atoms with E-state index >= 15 is 0 Å². The molecule has 22 heavy (non-hydrogen) atoms. The lowest BCUT2D eigenvalue weighted by molar-refractivity contribution is 0.306. The first-order valence-corrected chi connectivity index (χ1v) is 7.44. The Morgan fingerprint density at radius 3 is 2.68 bits per heavy atom. The Bertz CT molecular complexity index is 659. The van der Waals surface area contributed by atoms with E-state index in [0.29, 0.717) is 16.7 Å². The molecule has 0 spiro atoms. The number of ether oxygens (including phenoxy) is 1. The topological polar surface area (TPSA) is 45.7 Å². The highest BCUT2D eigenvalue weighted by atomic mass is 35.5. The average Bonchev–Trinajstić information content (AvgIpc) is 2.55. The van der Waals surface area contributed by atoms with Crippen LogP contribution in [0.15, 0.2) is 53.6 Å². The van der Waals surface area contributed by atoms with Gasteiger partial charge in [0.1, 0.15) is 12.4 Å². The van der Waals surface area contributed by atoms with Crippen molar-refractivity contribution < 1.29 is 4.74 Å². The number of benzene rings is 2. The molecule has 0 aliphatic rings. The zero-order valence-corrected chi connectivity index (χ0v) is 13.6. The standard InChI is InChI=1S/C16H16ClN3OS/c1-18-16(22)20-19-10-13-4-2-3-5-15(13)21-11-12-6-8-14(17)9-7-12/h2-10H,11H2,1H3,(H2,18,20,22). The first-order valence-electron chi connectivity index (χ1n) is 6.66. The summed E-state index contributed by atoms with van der Waals surface area (Å²) in [6.07, 6.45) is 1.67. The van der Waals surface area contributed by atoms with Crippen molar-refractivity contribution in [3.05, 3.63) is 64.7 Å². The highest BCUT2D eigenvalue weighted by molar-refractivity contribution is 7.80. The number of nitrogens with zero attached hydrogens (tertiary/aromatic N) is 1. The SMILES string of the molecule is CNC(=S)NN=Cc1ccccc1OCc1ccc(Cl)cc1. The van der Waals surface area contributed by atoms with Gasteiger partial charge in [-0.05, 0) is 42.0 Å². The minimum absolute atomic E-state index is 0.454. The molecule has 114 valence electrons. The average molecular weight is 334 g/mol. The summed E-state index contributed by atoms with van der Waals surface area (Å²) in [5.41, 5.74) is 4.62. The van der Waals surface area contributed by atoms with E-state index in [-0.39, 0.29) is 0 Å². The van der Waals surface area contributed by atoms with E-state index in [1.807, 2.05) is 48.5 Å². The Hall–Kier alpha value is -2.11. The lowest BCUT2D eigenvalue weighted by Gasteiger charge is -2.09. The highest BCUT2D eigenvalue weighted by Crippen LogP contribution is 2.18. The number of hydrazone groups is 1. The minimum atomic E-state index is 0.454. The fourth-order valence-corrected chi connectivity index (χ4v) is 1.86. The van der Waals surface area contributed by atoms with Gasteiger partial charge in [0.15, 0.2) is 5.11 Å². The van der Waals surface area contributed by atoms with Gasteiger partial charge in [-0.2, -0.15) is 5.10 Å². The Kier molecular flexibility index (Phi) is 6.18. The van der Waals surface area contributed by atoms with E-state index in [0.717, 1.165) is 16.9 Å². The maximum atomic E-state index is 5.87. The van der Waals surface area contributed by atoms with Crippen LogP contribution in [0.4, 0.5) is 0 Å². The summed E-state index contributed by atoms with van der Waals surface area (Å²) in [5.74, 6) is 0.748. The molecule has 0 heterocycles. The van der Waals surface area contributed by atoms with Crippen molar-refractivity contribution in [2.45, 2.75) is 6.61 Å². The van der Waals surface area contributed by atoms with Crippen LogP contribution in [0.2, 0.25) is 5.02 Å². The van der Waals surface area contributed by atoms with Crippen molar-refractivity contribution in [1.29, 1.82) is 0 Å². The van der Waals surface area contributed by atoms with Gasteiger partial charge in [-0.1, -0.05) is 35.9 Å². The number of halogens is 1. The predicted octanol–water partition coefficient (Wildman–Crippen LogP) is 3.35. The van der Waals surface area contributed by atoms with Gasteiger partial charge in [0.2, 0.25) is 0 Å². The zero-order valence-electron chi connectivity index (χ0n) is 12.0. The summed E-state index contributed by atoms with van der Waals surface area (Å²) < 4.78 is 5.84. The molecule has 0 saturated heterocycles. The number of hydrogen-bond acceptors (Lipinski definition) is 3. The van der Waals surface area contributed by atoms with E-state index in [2.05, 4.69) is 15.8 Å². The van der Waals surface area contributed by atoms with Crippen LogP contribution < -0.4 is 15.5 Å². The van der Waals surface area contributed by atoms with Crippen LogP contribution in [0.3, 0.4) is 0 Å². The molecular formula is C16H16ClN3OS. The molecule has 0 unspecified atom stereocenters. The van der Waals surface area contributed by atoms with Crippen LogP contribution in [0.1, 0.15) is 11.1 Å². The lowest BCUT2D eigenvalue weighted by Crippen LogP contribution is -2.28. The number of para-hydroxylation sites is 1. The molecule has 0 amide bonds. The fourth-order valence-electron chi connectivity index (χ4n) is 1.68. The van der Waals surface area contributed by atoms with Gasteiger partial charge in [0.05, 0.1) is 6.21 Å². The fraction of sp³-hybridized carbons (Fsp3) is 0.125. The molecule has 0 radical (unpaired) electrons. The minimum Gasteiger partial charge on any atom is -0.488 e. The Morgan fingerprint density at radius 2 is 1.95 bits per heavy atom. The lowest BCUT2D eigenvalue weighted by atomic mass is 10.2. The van der Waals surface area contributed by atoms with Gasteiger partial charge >= 0.3 is 0 Å². The second-order valence-electron chi connectivity index (χ2n) is 4.40. The molecule has 6 heteroatoms. The summed E-state index contributed by atoms with van der Waals surface area (Å²) in [7, 11) is 1.73. The van der Waals surface area contributed by atoms with E-state index in [9.17, 15) is 0 Å². The third kappa shape index (κ3) is 5.02. The van der Waals surface area contributed by atoms with Crippen LogP contribution >= 0.6 is 23.8 Å². The van der Waals surface area contributed by atoms with Crippen LogP contribution in [0, 0.1) is 0 Å². The molecule has 0 saturated carbocycles. The molecule has 4 nitrogen and oxygen atoms in total. The molecule has 2 rings (SSSR count). The van der Waals surface area contributed by atoms with Gasteiger partial charge < -0.3 is 10.1 Å². The number of hydrogen-bond donors (Lipinski definition) is 2. The van der Waals surface area contributed by atoms with Crippen molar-refractivity contribution in [2.24, 2.45) is 5.10 Å². The first-order chi connectivity index (χ1) is 10.7. The predicted molar refractivity (Wildman–Crippen MR) is 94.6 cm³/mol. The summed E-state index contributed by atoms with van der Waals surface area (Å²) in [6, 6.07) is 15.2. The molecule has 0 bridgehead atoms. The van der Waals surface area contributed by atoms with Gasteiger partial charge in [0.25, 0.3) is 0 Å². The summed E-state index contributed by atoms with van der Waals surface area (Å²) >= 11 is 10.8. The zero-order chi connectivity index (χ0) is 15.8. The maximum Gasteiger partial charge on any atom is 0.186 e. The van der Waals surface area contributed by atoms with E-state index in [1.165, 1.54) is 0 Å². The second kappa shape index (κ2) is 8.36. The van der Waals surface area contributed by atoms with Gasteiger partial charge in [-0.25, -0.2) is 0 Å². The summed E-state index contributed by atoms with van der Waals surface area (Å²) in [4.78, 5) is 0. The molecule has 0 aromatic heterocycles. The third-order valence-corrected chi connectivity index (χ3v) is 3.37. The van der Waals surface area contributed by atoms with Crippen molar-refractivity contribution in [3.8, 4) is 5.75 Å². The molecule has 0 atom stereocenters. The molecule has 2 aromatic carbocycles. The van der Waals surface area contributed by atoms with Crippen molar-refractivity contribution in [3.63, 3.8) is 0 Å². The second-order valence-corrected chi connectivity index (χ2v) is 5.25. The number of thiocarbonyl (C=S) groups is 1. The quantitative estimate of drug-likeness (QED) is 0.500. The molecule has 0 aliphatic heterocycles. The Balaban J connectivity index is 2.01. The first kappa shape index (κ1) is 16.3. The van der Waals surface area contributed by atoms with E-state index in [4.69, 9.17) is 28.6 Å². The Morgan fingerprint density at radius 1 is 1.23 bits per heavy atom. The molecular weight excluding hydrogens is 318 g/mol. The van der Waals surface area contributed by atoms with Gasteiger partial charge in [0, 0.05) is 17.6 Å². The summed E-state index contributed by atoms with van der Waals surface area (Å²) in [6.45, 7) is 0.463. The third-order valence-electron chi connectivity index (χ3n) is 2.82. The van der Waals surface area contributed by atoms with Crippen molar-refractivity contribution >= 4 is 35.1 Å². The maximum absolute atomic E-state index is 5.87. The van der Waals surface area contributed by atoms with Crippen LogP contribution in [0.5, 0.6) is 5.75 Å². The number of nitrogens with one attached hydrogen (secondary N) is 2. The van der Waals surface area contributed by atoms with Gasteiger partial charge in [-0.3, -0.25) is 5.43 Å². The number of rotatable bonds is 5. The van der Waals surface area contributed by atoms with Crippen LogP contribution in [-0.2, 0) is 6.61 Å². The molecule has 2 aromatic rings. The van der Waals surface area contributed by atoms with E-state index in [1.54, 1.807) is 13.3 Å². The largest absolute Gasteiger partial charge is 0.488 e. The van der Waals surface area contributed by atoms with Crippen LogP contribution in [0.25, 0.3) is 0 Å². The highest BCUT2D eigenvalue weighted by Gasteiger charge is 2.01. The summed E-state index contributed by atoms with van der Waals surface area (Å²) in [5, 5.41) is 8.01. The molecule has 2 N–H and O–H groups in total. The molecule has 0 aliphatic carbocycles. The van der Waals surface area contributed by atoms with Crippen molar-refractivity contribution in [2.75, 3.05) is 7.05 Å². The van der Waals surface area contributed by atoms with E-state index < -0.39 is 0 Å². The van der Waals surface area contributed by atoms with Crippen LogP contribution in [-0.4, -0.2) is 18.4 Å².